The fraction of sp³-hybridized carbons (Fsp3) is 0.400. The van der Waals surface area contributed by atoms with Crippen molar-refractivity contribution in [1.29, 1.82) is 0 Å². The number of carbonyl (C=O) groups is 1. The Kier molecular flexibility index (Phi) is 5.48. The van der Waals surface area contributed by atoms with Crippen LogP contribution in [0, 0.1) is 0 Å². The monoisotopic (exact) mass is 346 g/mol. The first-order chi connectivity index (χ1) is 10.8. The van der Waals surface area contributed by atoms with Crippen molar-refractivity contribution >= 4 is 27.5 Å². The highest BCUT2D eigenvalue weighted by atomic mass is 32.1. The number of fused-ring (bicyclic) bond motifs is 1. The van der Waals surface area contributed by atoms with E-state index in [2.05, 4.69) is 10.6 Å². The van der Waals surface area contributed by atoms with E-state index in [1.54, 1.807) is 18.3 Å². The van der Waals surface area contributed by atoms with Crippen molar-refractivity contribution in [3.05, 3.63) is 35.2 Å². The first-order valence-corrected chi connectivity index (χ1v) is 7.92. The molecule has 0 saturated heterocycles. The number of hydrogen-bond acceptors (Lipinski definition) is 3. The molecule has 3 N–H and O–H groups in total. The Morgan fingerprint density at radius 3 is 2.74 bits per heavy atom. The molecule has 0 bridgehead atoms. The van der Waals surface area contributed by atoms with Crippen molar-refractivity contribution in [1.82, 2.24) is 10.6 Å². The van der Waals surface area contributed by atoms with E-state index in [0.29, 0.717) is 0 Å². The average molecular weight is 346 g/mol. The van der Waals surface area contributed by atoms with Gasteiger partial charge in [-0.1, -0.05) is 18.2 Å². The standard InChI is InChI=1S/C15H17F3N2O2S/c1-9(11-8-23-12-5-3-2-4-10(11)12)20-14(22)19-7-6-13(21)15(16,17)18/h2-5,8-9,13,21H,6-7H2,1H3,(H2,19,20,22)/t9-,13-/m0/s1. The second kappa shape index (κ2) is 7.18. The highest BCUT2D eigenvalue weighted by Gasteiger charge is 2.37. The van der Waals surface area contributed by atoms with E-state index in [1.807, 2.05) is 29.6 Å². The van der Waals surface area contributed by atoms with Gasteiger partial charge >= 0.3 is 12.2 Å². The Labute approximate surface area is 135 Å². The fourth-order valence-corrected chi connectivity index (χ4v) is 3.20. The Morgan fingerprint density at radius 1 is 1.35 bits per heavy atom. The molecule has 126 valence electrons. The van der Waals surface area contributed by atoms with Gasteiger partial charge < -0.3 is 15.7 Å². The van der Waals surface area contributed by atoms with E-state index in [4.69, 9.17) is 5.11 Å². The summed E-state index contributed by atoms with van der Waals surface area (Å²) in [6.45, 7) is 1.54. The number of carbonyl (C=O) groups excluding carboxylic acids is 1. The highest BCUT2D eigenvalue weighted by Crippen LogP contribution is 2.29. The molecule has 1 aromatic carbocycles. The maximum Gasteiger partial charge on any atom is 0.414 e. The first kappa shape index (κ1) is 17.6. The van der Waals surface area contributed by atoms with Crippen molar-refractivity contribution < 1.29 is 23.1 Å². The molecule has 23 heavy (non-hydrogen) atoms. The summed E-state index contributed by atoms with van der Waals surface area (Å²) in [7, 11) is 0. The minimum Gasteiger partial charge on any atom is -0.384 e. The van der Waals surface area contributed by atoms with Crippen LogP contribution in [0.25, 0.3) is 10.1 Å². The second-order valence-corrected chi connectivity index (χ2v) is 6.07. The van der Waals surface area contributed by atoms with Gasteiger partial charge in [-0.2, -0.15) is 13.2 Å². The van der Waals surface area contributed by atoms with E-state index >= 15 is 0 Å². The molecule has 1 heterocycles. The van der Waals surface area contributed by atoms with E-state index in [9.17, 15) is 18.0 Å². The number of nitrogens with one attached hydrogen (secondary N) is 2. The Balaban J connectivity index is 1.86. The van der Waals surface area contributed by atoms with Crippen LogP contribution in [-0.2, 0) is 0 Å². The van der Waals surface area contributed by atoms with Crippen LogP contribution in [0.1, 0.15) is 24.9 Å². The lowest BCUT2D eigenvalue weighted by atomic mass is 10.1. The molecule has 0 aliphatic carbocycles. The number of alkyl halides is 3. The number of rotatable bonds is 5. The van der Waals surface area contributed by atoms with Crippen LogP contribution < -0.4 is 10.6 Å². The SMILES string of the molecule is C[C@H](NC(=O)NCC[C@H](O)C(F)(F)F)c1csc2ccccc12. The Hall–Kier alpha value is -1.80. The third-order valence-electron chi connectivity index (χ3n) is 3.41. The van der Waals surface area contributed by atoms with Gasteiger partial charge in [0.05, 0.1) is 6.04 Å². The molecular formula is C15H17F3N2O2S. The van der Waals surface area contributed by atoms with Crippen LogP contribution in [0.5, 0.6) is 0 Å². The summed E-state index contributed by atoms with van der Waals surface area (Å²) < 4.78 is 37.5. The molecule has 2 rings (SSSR count). The fourth-order valence-electron chi connectivity index (χ4n) is 2.15. The van der Waals surface area contributed by atoms with Gasteiger partial charge in [0.2, 0.25) is 0 Å². The zero-order valence-corrected chi connectivity index (χ0v) is 13.2. The van der Waals surface area contributed by atoms with Crippen LogP contribution >= 0.6 is 11.3 Å². The molecule has 0 aliphatic heterocycles. The number of urea groups is 1. The molecule has 8 heteroatoms. The largest absolute Gasteiger partial charge is 0.414 e. The number of hydrogen-bond donors (Lipinski definition) is 3. The number of halogens is 3. The Morgan fingerprint density at radius 2 is 2.04 bits per heavy atom. The third-order valence-corrected chi connectivity index (χ3v) is 4.39. The number of thiophene rings is 1. The summed E-state index contributed by atoms with van der Waals surface area (Å²) in [5, 5.41) is 16.8. The van der Waals surface area contributed by atoms with Crippen LogP contribution in [0.4, 0.5) is 18.0 Å². The summed E-state index contributed by atoms with van der Waals surface area (Å²) in [5.74, 6) is 0. The van der Waals surface area contributed by atoms with Gasteiger partial charge in [0.1, 0.15) is 0 Å². The molecule has 1 aromatic heterocycles. The molecule has 4 nitrogen and oxygen atoms in total. The third kappa shape index (κ3) is 4.59. The van der Waals surface area contributed by atoms with Gasteiger partial charge in [-0.05, 0) is 35.7 Å². The normalized spacial score (nSPS) is 14.5. The lowest BCUT2D eigenvalue weighted by Gasteiger charge is -2.17. The molecule has 0 fully saturated rings. The van der Waals surface area contributed by atoms with Gasteiger partial charge in [-0.15, -0.1) is 11.3 Å². The molecule has 0 spiro atoms. The van der Waals surface area contributed by atoms with Crippen molar-refractivity contribution in [2.45, 2.75) is 31.7 Å². The summed E-state index contributed by atoms with van der Waals surface area (Å²) in [5.41, 5.74) is 0.955. The van der Waals surface area contributed by atoms with E-state index in [-0.39, 0.29) is 12.6 Å². The van der Waals surface area contributed by atoms with E-state index < -0.39 is 24.7 Å². The van der Waals surface area contributed by atoms with E-state index in [1.165, 1.54) is 0 Å². The topological polar surface area (TPSA) is 61.4 Å². The van der Waals surface area contributed by atoms with Gasteiger partial charge in [0.15, 0.2) is 6.10 Å². The first-order valence-electron chi connectivity index (χ1n) is 7.04. The van der Waals surface area contributed by atoms with Crippen LogP contribution in [-0.4, -0.2) is 30.0 Å². The molecule has 0 unspecified atom stereocenters. The number of benzene rings is 1. The number of amides is 2. The summed E-state index contributed by atoms with van der Waals surface area (Å²) in [6.07, 6.45) is -7.67. The highest BCUT2D eigenvalue weighted by molar-refractivity contribution is 7.17. The van der Waals surface area contributed by atoms with Gasteiger partial charge in [-0.25, -0.2) is 4.79 Å². The second-order valence-electron chi connectivity index (χ2n) is 5.16. The summed E-state index contributed by atoms with van der Waals surface area (Å²) in [6, 6.07) is 6.93. The molecule has 2 aromatic rings. The number of aliphatic hydroxyl groups is 1. The average Bonchev–Trinajstić information content (AvgIpc) is 2.90. The van der Waals surface area contributed by atoms with Crippen molar-refractivity contribution in [3.8, 4) is 0 Å². The van der Waals surface area contributed by atoms with Gasteiger partial charge in [0, 0.05) is 11.2 Å². The summed E-state index contributed by atoms with van der Waals surface area (Å²) >= 11 is 1.56. The Bertz CT molecular complexity index is 672. The molecule has 0 radical (unpaired) electrons. The molecule has 2 amide bonds. The predicted molar refractivity (Wildman–Crippen MR) is 83.5 cm³/mol. The maximum absolute atomic E-state index is 12.1. The van der Waals surface area contributed by atoms with Gasteiger partial charge in [-0.3, -0.25) is 0 Å². The van der Waals surface area contributed by atoms with Gasteiger partial charge in [0.25, 0.3) is 0 Å². The maximum atomic E-state index is 12.1. The minimum absolute atomic E-state index is 0.260. The quantitative estimate of drug-likeness (QED) is 0.775. The van der Waals surface area contributed by atoms with Crippen molar-refractivity contribution in [2.24, 2.45) is 0 Å². The molecule has 2 atom stereocenters. The van der Waals surface area contributed by atoms with Crippen molar-refractivity contribution in [3.63, 3.8) is 0 Å². The lowest BCUT2D eigenvalue weighted by molar-refractivity contribution is -0.204. The predicted octanol–water partition coefficient (Wildman–Crippen LogP) is 3.57. The van der Waals surface area contributed by atoms with Crippen LogP contribution in [0.2, 0.25) is 0 Å². The summed E-state index contributed by atoms with van der Waals surface area (Å²) in [4.78, 5) is 11.7. The zero-order chi connectivity index (χ0) is 17.0. The zero-order valence-electron chi connectivity index (χ0n) is 12.4. The van der Waals surface area contributed by atoms with Crippen molar-refractivity contribution in [2.75, 3.05) is 6.54 Å². The van der Waals surface area contributed by atoms with Crippen LogP contribution in [0.15, 0.2) is 29.6 Å². The smallest absolute Gasteiger partial charge is 0.384 e. The lowest BCUT2D eigenvalue weighted by Crippen LogP contribution is -2.40. The molecule has 0 saturated carbocycles. The number of aliphatic hydroxyl groups excluding tert-OH is 1. The molecular weight excluding hydrogens is 329 g/mol. The van der Waals surface area contributed by atoms with Crippen LogP contribution in [0.3, 0.4) is 0 Å². The molecule has 0 aliphatic rings. The minimum atomic E-state index is -4.67. The van der Waals surface area contributed by atoms with E-state index in [0.717, 1.165) is 15.6 Å².